The highest BCUT2D eigenvalue weighted by Crippen LogP contribution is 2.37. The van der Waals surface area contributed by atoms with Crippen LogP contribution < -0.4 is 9.47 Å². The van der Waals surface area contributed by atoms with Gasteiger partial charge in [-0.3, -0.25) is 0 Å². The number of methoxy groups -OCH3 is 2. The molecule has 0 aliphatic heterocycles. The van der Waals surface area contributed by atoms with Gasteiger partial charge in [-0.15, -0.1) is 0 Å². The number of nitrogens with one attached hydrogen (secondary N) is 1. The molecule has 0 atom stereocenters. The van der Waals surface area contributed by atoms with Crippen LogP contribution in [0, 0.1) is 18.3 Å². The Morgan fingerprint density at radius 3 is 2.39 bits per heavy atom. The molecule has 4 nitrogen and oxygen atoms in total. The summed E-state index contributed by atoms with van der Waals surface area (Å²) < 4.78 is 10.7. The van der Waals surface area contributed by atoms with Crippen LogP contribution in [-0.4, -0.2) is 19.2 Å². The highest BCUT2D eigenvalue weighted by atomic mass is 16.5. The van der Waals surface area contributed by atoms with Crippen molar-refractivity contribution in [3.63, 3.8) is 0 Å². The van der Waals surface area contributed by atoms with Crippen molar-refractivity contribution in [2.45, 2.75) is 6.92 Å². The fraction of sp³-hybridized carbons (Fsp3) is 0.214. The van der Waals surface area contributed by atoms with E-state index in [9.17, 15) is 0 Å². The van der Waals surface area contributed by atoms with E-state index >= 15 is 0 Å². The molecule has 0 saturated carbocycles. The molecule has 0 saturated heterocycles. The van der Waals surface area contributed by atoms with Gasteiger partial charge in [-0.25, -0.2) is 0 Å². The Bertz CT molecular complexity index is 609. The molecule has 4 heteroatoms. The molecule has 1 aromatic carbocycles. The van der Waals surface area contributed by atoms with Crippen molar-refractivity contribution < 1.29 is 9.47 Å². The van der Waals surface area contributed by atoms with Crippen molar-refractivity contribution in [2.24, 2.45) is 0 Å². The summed E-state index contributed by atoms with van der Waals surface area (Å²) in [4.78, 5) is 2.93. The number of aryl methyl sites for hydroxylation is 1. The lowest BCUT2D eigenvalue weighted by atomic mass is 10.0. The third-order valence-electron chi connectivity index (χ3n) is 2.87. The number of hydrogen-bond donors (Lipinski definition) is 1. The van der Waals surface area contributed by atoms with Crippen LogP contribution in [0.3, 0.4) is 0 Å². The molecule has 0 aliphatic carbocycles. The Kier molecular flexibility index (Phi) is 3.24. The van der Waals surface area contributed by atoms with Crippen LogP contribution in [0.5, 0.6) is 11.5 Å². The fourth-order valence-corrected chi connectivity index (χ4v) is 1.94. The van der Waals surface area contributed by atoms with E-state index in [0.29, 0.717) is 5.56 Å². The summed E-state index contributed by atoms with van der Waals surface area (Å²) in [5.41, 5.74) is 3.23. The van der Waals surface area contributed by atoms with Gasteiger partial charge >= 0.3 is 0 Å². The largest absolute Gasteiger partial charge is 0.496 e. The molecular formula is C14H14N2O2. The van der Waals surface area contributed by atoms with Gasteiger partial charge in [-0.1, -0.05) is 0 Å². The topological polar surface area (TPSA) is 58.0 Å². The predicted octanol–water partition coefficient (Wildman–Crippen LogP) is 2.88. The molecule has 0 spiro atoms. The molecular weight excluding hydrogens is 228 g/mol. The second-order valence-electron chi connectivity index (χ2n) is 3.92. The van der Waals surface area contributed by atoms with Crippen molar-refractivity contribution in [3.05, 3.63) is 35.7 Å². The second kappa shape index (κ2) is 4.84. The highest BCUT2D eigenvalue weighted by molar-refractivity contribution is 5.77. The van der Waals surface area contributed by atoms with E-state index < -0.39 is 0 Å². The predicted molar refractivity (Wildman–Crippen MR) is 68.8 cm³/mol. The maximum absolute atomic E-state index is 9.07. The molecule has 2 rings (SSSR count). The van der Waals surface area contributed by atoms with Crippen molar-refractivity contribution in [1.82, 2.24) is 4.98 Å². The molecule has 1 heterocycles. The SMILES string of the molecule is COc1cc(-c2c[nH]cc2C#N)c(OC)cc1C. The van der Waals surface area contributed by atoms with Crippen molar-refractivity contribution >= 4 is 0 Å². The van der Waals surface area contributed by atoms with Crippen LogP contribution in [0.15, 0.2) is 24.5 Å². The van der Waals surface area contributed by atoms with E-state index in [1.165, 1.54) is 0 Å². The summed E-state index contributed by atoms with van der Waals surface area (Å²) >= 11 is 0. The minimum Gasteiger partial charge on any atom is -0.496 e. The van der Waals surface area contributed by atoms with Gasteiger partial charge in [0.05, 0.1) is 19.8 Å². The van der Waals surface area contributed by atoms with Gasteiger partial charge in [0.2, 0.25) is 0 Å². The van der Waals surface area contributed by atoms with Gasteiger partial charge in [0.1, 0.15) is 17.6 Å². The first-order chi connectivity index (χ1) is 8.71. The van der Waals surface area contributed by atoms with E-state index in [0.717, 1.165) is 28.2 Å². The van der Waals surface area contributed by atoms with E-state index in [4.69, 9.17) is 14.7 Å². The zero-order valence-electron chi connectivity index (χ0n) is 10.6. The van der Waals surface area contributed by atoms with Crippen LogP contribution >= 0.6 is 0 Å². The van der Waals surface area contributed by atoms with E-state index in [1.807, 2.05) is 19.1 Å². The molecule has 1 aromatic heterocycles. The minimum atomic E-state index is 0.583. The lowest BCUT2D eigenvalue weighted by molar-refractivity contribution is 0.402. The average molecular weight is 242 g/mol. The third-order valence-corrected chi connectivity index (χ3v) is 2.87. The van der Waals surface area contributed by atoms with Crippen molar-refractivity contribution in [3.8, 4) is 28.7 Å². The molecule has 18 heavy (non-hydrogen) atoms. The normalized spacial score (nSPS) is 9.89. The zero-order valence-corrected chi connectivity index (χ0v) is 10.6. The summed E-state index contributed by atoms with van der Waals surface area (Å²) in [7, 11) is 3.24. The number of aromatic amines is 1. The number of hydrogen-bond acceptors (Lipinski definition) is 3. The maximum atomic E-state index is 9.07. The van der Waals surface area contributed by atoms with Gasteiger partial charge < -0.3 is 14.5 Å². The van der Waals surface area contributed by atoms with Gasteiger partial charge in [0.25, 0.3) is 0 Å². The molecule has 0 amide bonds. The quantitative estimate of drug-likeness (QED) is 0.900. The first-order valence-corrected chi connectivity index (χ1v) is 5.51. The number of rotatable bonds is 3. The van der Waals surface area contributed by atoms with Gasteiger partial charge in [0.15, 0.2) is 0 Å². The Labute approximate surface area is 106 Å². The molecule has 1 N–H and O–H groups in total. The molecule has 0 fully saturated rings. The van der Waals surface area contributed by atoms with Crippen LogP contribution in [-0.2, 0) is 0 Å². The average Bonchev–Trinajstić information content (AvgIpc) is 2.86. The Morgan fingerprint density at radius 2 is 1.78 bits per heavy atom. The number of aromatic nitrogens is 1. The van der Waals surface area contributed by atoms with Crippen LogP contribution in [0.25, 0.3) is 11.1 Å². The maximum Gasteiger partial charge on any atom is 0.127 e. The molecule has 0 radical (unpaired) electrons. The Balaban J connectivity index is 2.66. The first kappa shape index (κ1) is 12.1. The fourth-order valence-electron chi connectivity index (χ4n) is 1.94. The Hall–Kier alpha value is -2.41. The third kappa shape index (κ3) is 1.91. The second-order valence-corrected chi connectivity index (χ2v) is 3.92. The van der Waals surface area contributed by atoms with E-state index in [1.54, 1.807) is 26.6 Å². The minimum absolute atomic E-state index is 0.583. The summed E-state index contributed by atoms with van der Waals surface area (Å²) in [6, 6.07) is 5.94. The summed E-state index contributed by atoms with van der Waals surface area (Å²) in [5, 5.41) is 9.07. The van der Waals surface area contributed by atoms with E-state index in [2.05, 4.69) is 11.1 Å². The monoisotopic (exact) mass is 242 g/mol. The number of ether oxygens (including phenoxy) is 2. The molecule has 0 unspecified atom stereocenters. The summed E-state index contributed by atoms with van der Waals surface area (Å²) in [5.74, 6) is 1.50. The standard InChI is InChI=1S/C14H14N2O2/c1-9-4-14(18-3)11(5-13(9)17-2)12-8-16-7-10(12)6-15/h4-5,7-8,16H,1-3H3. The molecule has 0 bridgehead atoms. The number of nitrogens with zero attached hydrogens (tertiary/aromatic N) is 1. The first-order valence-electron chi connectivity index (χ1n) is 5.51. The van der Waals surface area contributed by atoms with Crippen LogP contribution in [0.4, 0.5) is 0 Å². The summed E-state index contributed by atoms with van der Waals surface area (Å²) in [6.45, 7) is 1.95. The smallest absolute Gasteiger partial charge is 0.127 e. The van der Waals surface area contributed by atoms with Crippen molar-refractivity contribution in [1.29, 1.82) is 5.26 Å². The number of H-pyrrole nitrogens is 1. The van der Waals surface area contributed by atoms with Gasteiger partial charge in [0, 0.05) is 23.5 Å². The number of nitriles is 1. The summed E-state index contributed by atoms with van der Waals surface area (Å²) in [6.07, 6.45) is 3.45. The zero-order chi connectivity index (χ0) is 13.1. The number of benzene rings is 1. The molecule has 2 aromatic rings. The molecule has 92 valence electrons. The van der Waals surface area contributed by atoms with Crippen LogP contribution in [0.2, 0.25) is 0 Å². The van der Waals surface area contributed by atoms with Gasteiger partial charge in [-0.05, 0) is 24.6 Å². The molecule has 0 aliphatic rings. The highest BCUT2D eigenvalue weighted by Gasteiger charge is 2.14. The van der Waals surface area contributed by atoms with Crippen molar-refractivity contribution in [2.75, 3.05) is 14.2 Å². The van der Waals surface area contributed by atoms with Gasteiger partial charge in [-0.2, -0.15) is 5.26 Å². The van der Waals surface area contributed by atoms with E-state index in [-0.39, 0.29) is 0 Å². The lowest BCUT2D eigenvalue weighted by Crippen LogP contribution is -1.93. The lowest BCUT2D eigenvalue weighted by Gasteiger charge is -2.12. The van der Waals surface area contributed by atoms with Crippen LogP contribution in [0.1, 0.15) is 11.1 Å². The Morgan fingerprint density at radius 1 is 1.06 bits per heavy atom.